The van der Waals surface area contributed by atoms with E-state index in [2.05, 4.69) is 20.5 Å². The van der Waals surface area contributed by atoms with Crippen LogP contribution in [-0.2, 0) is 0 Å². The van der Waals surface area contributed by atoms with Gasteiger partial charge in [0.1, 0.15) is 11.4 Å². The van der Waals surface area contributed by atoms with Crippen molar-refractivity contribution in [3.8, 4) is 0 Å². The van der Waals surface area contributed by atoms with E-state index in [-0.39, 0.29) is 0 Å². The molecule has 4 heteroatoms. The molecule has 4 aromatic carbocycles. The van der Waals surface area contributed by atoms with Gasteiger partial charge in [-0.05, 0) is 24.3 Å². The second kappa shape index (κ2) is 9.85. The fourth-order valence-corrected chi connectivity index (χ4v) is 2.88. The average molecular weight is 388 g/mol. The van der Waals surface area contributed by atoms with Crippen molar-refractivity contribution in [2.24, 2.45) is 20.5 Å². The minimum absolute atomic E-state index is 0.658. The van der Waals surface area contributed by atoms with E-state index in [1.54, 1.807) is 0 Å². The van der Waals surface area contributed by atoms with E-state index in [0.29, 0.717) is 11.4 Å². The minimum Gasteiger partial charge on any atom is -0.150 e. The lowest BCUT2D eigenvalue weighted by Gasteiger charge is -2.08. The van der Waals surface area contributed by atoms with E-state index in [1.807, 2.05) is 121 Å². The SMILES string of the molecule is c1ccc(N=N/C(=C(/N=Nc2ccccc2)c2ccccc2)c2ccccc2)cc1. The van der Waals surface area contributed by atoms with Gasteiger partial charge in [-0.1, -0.05) is 97.1 Å². The Hall–Kier alpha value is -4.18. The topological polar surface area (TPSA) is 49.4 Å². The fraction of sp³-hybridized carbons (Fsp3) is 0. The average Bonchev–Trinajstić information content (AvgIpc) is 2.83. The van der Waals surface area contributed by atoms with Crippen LogP contribution in [0.1, 0.15) is 11.1 Å². The van der Waals surface area contributed by atoms with Crippen LogP contribution in [0.5, 0.6) is 0 Å². The number of rotatable bonds is 6. The summed E-state index contributed by atoms with van der Waals surface area (Å²) < 4.78 is 0. The third-order valence-electron chi connectivity index (χ3n) is 4.36. The lowest BCUT2D eigenvalue weighted by Crippen LogP contribution is -1.88. The van der Waals surface area contributed by atoms with Crippen LogP contribution in [0.4, 0.5) is 11.4 Å². The van der Waals surface area contributed by atoms with Crippen molar-refractivity contribution in [2.45, 2.75) is 0 Å². The molecule has 0 saturated heterocycles. The largest absolute Gasteiger partial charge is 0.150 e. The van der Waals surface area contributed by atoms with Crippen molar-refractivity contribution in [3.63, 3.8) is 0 Å². The molecular weight excluding hydrogens is 368 g/mol. The molecule has 0 aromatic heterocycles. The molecule has 0 bridgehead atoms. The molecule has 0 saturated carbocycles. The summed E-state index contributed by atoms with van der Waals surface area (Å²) in [6, 6.07) is 39.2. The van der Waals surface area contributed by atoms with Crippen LogP contribution in [0.2, 0.25) is 0 Å². The van der Waals surface area contributed by atoms with E-state index in [0.717, 1.165) is 22.5 Å². The quantitative estimate of drug-likeness (QED) is 0.237. The summed E-state index contributed by atoms with van der Waals surface area (Å²) in [6.07, 6.45) is 0. The number of nitrogens with zero attached hydrogens (tertiary/aromatic N) is 4. The summed E-state index contributed by atoms with van der Waals surface area (Å²) in [5.41, 5.74) is 4.71. The van der Waals surface area contributed by atoms with Crippen LogP contribution in [0, 0.1) is 0 Å². The molecule has 0 aliphatic carbocycles. The molecule has 0 atom stereocenters. The van der Waals surface area contributed by atoms with Gasteiger partial charge in [0.05, 0.1) is 11.4 Å². The summed E-state index contributed by atoms with van der Waals surface area (Å²) in [6.45, 7) is 0. The van der Waals surface area contributed by atoms with Gasteiger partial charge in [-0.2, -0.15) is 10.2 Å². The van der Waals surface area contributed by atoms with Gasteiger partial charge in [-0.25, -0.2) is 0 Å². The molecule has 4 nitrogen and oxygen atoms in total. The summed E-state index contributed by atoms with van der Waals surface area (Å²) >= 11 is 0. The van der Waals surface area contributed by atoms with Gasteiger partial charge in [-0.15, -0.1) is 10.2 Å². The van der Waals surface area contributed by atoms with Gasteiger partial charge in [0.15, 0.2) is 0 Å². The van der Waals surface area contributed by atoms with Crippen LogP contribution in [0.15, 0.2) is 142 Å². The van der Waals surface area contributed by atoms with Gasteiger partial charge in [0.25, 0.3) is 0 Å². The predicted molar refractivity (Wildman–Crippen MR) is 122 cm³/mol. The van der Waals surface area contributed by atoms with Crippen molar-refractivity contribution < 1.29 is 0 Å². The summed E-state index contributed by atoms with van der Waals surface area (Å²) in [4.78, 5) is 0. The molecule has 4 rings (SSSR count). The molecule has 0 fully saturated rings. The molecule has 0 unspecified atom stereocenters. The zero-order chi connectivity index (χ0) is 20.4. The highest BCUT2D eigenvalue weighted by Crippen LogP contribution is 2.31. The molecular formula is C26H20N4. The highest BCUT2D eigenvalue weighted by Gasteiger charge is 2.12. The third kappa shape index (κ3) is 5.00. The summed E-state index contributed by atoms with van der Waals surface area (Å²) in [5.74, 6) is 0. The first-order chi connectivity index (χ1) is 14.9. The third-order valence-corrected chi connectivity index (χ3v) is 4.36. The molecule has 0 N–H and O–H groups in total. The highest BCUT2D eigenvalue weighted by molar-refractivity contribution is 5.89. The molecule has 0 radical (unpaired) electrons. The number of hydrogen-bond donors (Lipinski definition) is 0. The van der Waals surface area contributed by atoms with Crippen molar-refractivity contribution in [1.29, 1.82) is 0 Å². The van der Waals surface area contributed by atoms with Crippen LogP contribution in [0.3, 0.4) is 0 Å². The Morgan fingerprint density at radius 2 is 0.667 bits per heavy atom. The van der Waals surface area contributed by atoms with Crippen molar-refractivity contribution in [3.05, 3.63) is 132 Å². The Bertz CT molecular complexity index is 1060. The van der Waals surface area contributed by atoms with Crippen molar-refractivity contribution in [1.82, 2.24) is 0 Å². The Morgan fingerprint density at radius 3 is 1.00 bits per heavy atom. The molecule has 0 amide bonds. The van der Waals surface area contributed by atoms with E-state index in [1.165, 1.54) is 0 Å². The standard InChI is InChI=1S/C26H20N4/c1-5-13-21(14-6-1)25(29-27-23-17-9-3-10-18-23)26(22-15-7-2-8-16-22)30-28-24-19-11-4-12-20-24/h1-20H/b26-25+,29-27?,30-28?. The maximum absolute atomic E-state index is 4.60. The zero-order valence-electron chi connectivity index (χ0n) is 16.3. The molecule has 0 aliphatic heterocycles. The monoisotopic (exact) mass is 388 g/mol. The lowest BCUT2D eigenvalue weighted by molar-refractivity contribution is 1.20. The van der Waals surface area contributed by atoms with E-state index in [4.69, 9.17) is 0 Å². The van der Waals surface area contributed by atoms with Gasteiger partial charge in [-0.3, -0.25) is 0 Å². The van der Waals surface area contributed by atoms with E-state index in [9.17, 15) is 0 Å². The molecule has 30 heavy (non-hydrogen) atoms. The van der Waals surface area contributed by atoms with Crippen molar-refractivity contribution in [2.75, 3.05) is 0 Å². The Balaban J connectivity index is 1.88. The second-order valence-corrected chi connectivity index (χ2v) is 6.50. The summed E-state index contributed by atoms with van der Waals surface area (Å²) in [5, 5.41) is 18.1. The predicted octanol–water partition coefficient (Wildman–Crippen LogP) is 8.08. The van der Waals surface area contributed by atoms with Gasteiger partial charge in [0.2, 0.25) is 0 Å². The fourth-order valence-electron chi connectivity index (χ4n) is 2.88. The first kappa shape index (κ1) is 19.2. The molecule has 0 spiro atoms. The Kier molecular flexibility index (Phi) is 6.28. The molecule has 4 aromatic rings. The van der Waals surface area contributed by atoms with Gasteiger partial charge in [0, 0.05) is 11.1 Å². The van der Waals surface area contributed by atoms with E-state index >= 15 is 0 Å². The number of benzene rings is 4. The maximum Gasteiger partial charge on any atom is 0.121 e. The van der Waals surface area contributed by atoms with Crippen LogP contribution in [-0.4, -0.2) is 0 Å². The van der Waals surface area contributed by atoms with Gasteiger partial charge < -0.3 is 0 Å². The minimum atomic E-state index is 0.658. The lowest BCUT2D eigenvalue weighted by atomic mass is 10.1. The van der Waals surface area contributed by atoms with Crippen LogP contribution < -0.4 is 0 Å². The molecule has 0 aliphatic rings. The first-order valence-corrected chi connectivity index (χ1v) is 9.69. The normalized spacial score (nSPS) is 12.3. The second-order valence-electron chi connectivity index (χ2n) is 6.50. The highest BCUT2D eigenvalue weighted by atomic mass is 15.2. The van der Waals surface area contributed by atoms with Crippen molar-refractivity contribution >= 4 is 22.8 Å². The molecule has 144 valence electrons. The zero-order valence-corrected chi connectivity index (χ0v) is 16.3. The molecule has 0 heterocycles. The number of azo groups is 2. The number of hydrogen-bond acceptors (Lipinski definition) is 4. The maximum atomic E-state index is 4.60. The first-order valence-electron chi connectivity index (χ1n) is 9.69. The van der Waals surface area contributed by atoms with Gasteiger partial charge >= 0.3 is 0 Å². The Labute approximate surface area is 176 Å². The smallest absolute Gasteiger partial charge is 0.121 e. The van der Waals surface area contributed by atoms with Crippen LogP contribution >= 0.6 is 0 Å². The van der Waals surface area contributed by atoms with E-state index < -0.39 is 0 Å². The van der Waals surface area contributed by atoms with Crippen LogP contribution in [0.25, 0.3) is 11.4 Å². The Morgan fingerprint density at radius 1 is 0.367 bits per heavy atom. The summed E-state index contributed by atoms with van der Waals surface area (Å²) in [7, 11) is 0.